The van der Waals surface area contributed by atoms with Crippen molar-refractivity contribution in [1.82, 2.24) is 4.90 Å². The Labute approximate surface area is 136 Å². The van der Waals surface area contributed by atoms with Gasteiger partial charge in [0.15, 0.2) is 0 Å². The van der Waals surface area contributed by atoms with Crippen LogP contribution in [0.15, 0.2) is 41.1 Å². The molecule has 0 unspecified atom stereocenters. The lowest BCUT2D eigenvalue weighted by Crippen LogP contribution is -2.26. The van der Waals surface area contributed by atoms with E-state index in [0.29, 0.717) is 19.4 Å². The van der Waals surface area contributed by atoms with Crippen LogP contribution in [0, 0.1) is 0 Å². The molecule has 0 aliphatic carbocycles. The van der Waals surface area contributed by atoms with Crippen molar-refractivity contribution >= 4 is 17.2 Å². The first-order valence-electron chi connectivity index (χ1n) is 6.93. The number of thiophene rings is 1. The van der Waals surface area contributed by atoms with E-state index in [1.54, 1.807) is 23.3 Å². The zero-order valence-electron chi connectivity index (χ0n) is 12.5. The third-order valence-corrected chi connectivity index (χ3v) is 3.94. The Bertz CT molecular complexity index is 624. The van der Waals surface area contributed by atoms with E-state index >= 15 is 0 Å². The number of carbonyl (C=O) groups is 1. The first kappa shape index (κ1) is 17.3. The lowest BCUT2D eigenvalue weighted by Gasteiger charge is -2.17. The first-order valence-corrected chi connectivity index (χ1v) is 7.87. The van der Waals surface area contributed by atoms with Crippen LogP contribution in [0.3, 0.4) is 0 Å². The molecule has 124 valence electrons. The van der Waals surface area contributed by atoms with Crippen molar-refractivity contribution in [3.05, 3.63) is 52.2 Å². The quantitative estimate of drug-likeness (QED) is 0.785. The second-order valence-electron chi connectivity index (χ2n) is 5.07. The van der Waals surface area contributed by atoms with Gasteiger partial charge in [0.05, 0.1) is 0 Å². The highest BCUT2D eigenvalue weighted by Gasteiger charge is 2.30. The number of carbonyl (C=O) groups excluding carboxylic acids is 1. The summed E-state index contributed by atoms with van der Waals surface area (Å²) in [5.74, 6) is -0.278. The van der Waals surface area contributed by atoms with E-state index in [4.69, 9.17) is 0 Å². The van der Waals surface area contributed by atoms with Crippen LogP contribution < -0.4 is 4.74 Å². The zero-order chi connectivity index (χ0) is 16.9. The number of rotatable bonds is 6. The van der Waals surface area contributed by atoms with E-state index in [9.17, 15) is 18.0 Å². The second kappa shape index (κ2) is 7.50. The summed E-state index contributed by atoms with van der Waals surface area (Å²) in [5, 5.41) is 3.97. The van der Waals surface area contributed by atoms with Gasteiger partial charge in [0.1, 0.15) is 5.75 Å². The van der Waals surface area contributed by atoms with Crippen molar-refractivity contribution in [2.45, 2.75) is 25.7 Å². The molecule has 2 rings (SSSR count). The van der Waals surface area contributed by atoms with Crippen molar-refractivity contribution in [3.63, 3.8) is 0 Å². The van der Waals surface area contributed by atoms with Crippen LogP contribution in [-0.2, 0) is 17.8 Å². The third-order valence-electron chi connectivity index (χ3n) is 3.21. The normalized spacial score (nSPS) is 11.3. The van der Waals surface area contributed by atoms with Crippen LogP contribution in [0.1, 0.15) is 17.5 Å². The molecule has 0 aliphatic heterocycles. The molecule has 0 bridgehead atoms. The van der Waals surface area contributed by atoms with Crippen LogP contribution in [0.5, 0.6) is 5.75 Å². The molecule has 1 amide bonds. The van der Waals surface area contributed by atoms with Gasteiger partial charge >= 0.3 is 6.36 Å². The SMILES string of the molecule is CN(Cc1ccc(OC(F)(F)F)cc1)C(=O)CCc1ccsc1. The summed E-state index contributed by atoms with van der Waals surface area (Å²) in [7, 11) is 1.68. The number of ether oxygens (including phenoxy) is 1. The molecular formula is C16H16F3NO2S. The maximum atomic E-state index is 12.1. The van der Waals surface area contributed by atoms with Gasteiger partial charge in [-0.1, -0.05) is 12.1 Å². The fourth-order valence-corrected chi connectivity index (χ4v) is 2.74. The summed E-state index contributed by atoms with van der Waals surface area (Å²) in [6.45, 7) is 0.342. The first-order chi connectivity index (χ1) is 10.8. The minimum Gasteiger partial charge on any atom is -0.406 e. The number of alkyl halides is 3. The molecule has 0 saturated heterocycles. The summed E-state index contributed by atoms with van der Waals surface area (Å²) in [5.41, 5.74) is 1.87. The highest BCUT2D eigenvalue weighted by atomic mass is 32.1. The summed E-state index contributed by atoms with van der Waals surface area (Å²) < 4.78 is 40.1. The van der Waals surface area contributed by atoms with E-state index in [1.165, 1.54) is 24.3 Å². The van der Waals surface area contributed by atoms with Gasteiger partial charge in [0.25, 0.3) is 0 Å². The summed E-state index contributed by atoms with van der Waals surface area (Å²) in [6.07, 6.45) is -3.61. The fraction of sp³-hybridized carbons (Fsp3) is 0.312. The topological polar surface area (TPSA) is 29.5 Å². The van der Waals surface area contributed by atoms with Gasteiger partial charge in [0.2, 0.25) is 5.91 Å². The molecule has 0 spiro atoms. The van der Waals surface area contributed by atoms with E-state index < -0.39 is 6.36 Å². The van der Waals surface area contributed by atoms with Gasteiger partial charge < -0.3 is 9.64 Å². The maximum absolute atomic E-state index is 12.1. The van der Waals surface area contributed by atoms with Gasteiger partial charge in [0, 0.05) is 20.0 Å². The molecule has 0 fully saturated rings. The fourth-order valence-electron chi connectivity index (χ4n) is 2.04. The average Bonchev–Trinajstić information content (AvgIpc) is 2.98. The van der Waals surface area contributed by atoms with Gasteiger partial charge in [-0.3, -0.25) is 4.79 Å². The number of amides is 1. The van der Waals surface area contributed by atoms with Gasteiger partial charge in [-0.2, -0.15) is 11.3 Å². The van der Waals surface area contributed by atoms with E-state index in [1.807, 2.05) is 16.8 Å². The Morgan fingerprint density at radius 2 is 1.87 bits per heavy atom. The smallest absolute Gasteiger partial charge is 0.406 e. The average molecular weight is 343 g/mol. The molecule has 2 aromatic rings. The Morgan fingerprint density at radius 3 is 2.43 bits per heavy atom. The Kier molecular flexibility index (Phi) is 5.65. The van der Waals surface area contributed by atoms with Crippen molar-refractivity contribution in [1.29, 1.82) is 0 Å². The van der Waals surface area contributed by atoms with Gasteiger partial charge in [-0.05, 0) is 46.5 Å². The highest BCUT2D eigenvalue weighted by molar-refractivity contribution is 7.07. The maximum Gasteiger partial charge on any atom is 0.573 e. The number of halogens is 3. The van der Waals surface area contributed by atoms with E-state index in [2.05, 4.69) is 4.74 Å². The summed E-state index contributed by atoms with van der Waals surface area (Å²) in [4.78, 5) is 13.6. The molecule has 3 nitrogen and oxygen atoms in total. The largest absolute Gasteiger partial charge is 0.573 e. The molecule has 1 aromatic carbocycles. The van der Waals surface area contributed by atoms with Crippen LogP contribution in [-0.4, -0.2) is 24.2 Å². The number of hydrogen-bond donors (Lipinski definition) is 0. The van der Waals surface area contributed by atoms with Crippen LogP contribution >= 0.6 is 11.3 Å². The Morgan fingerprint density at radius 1 is 1.17 bits per heavy atom. The van der Waals surface area contributed by atoms with E-state index in [0.717, 1.165) is 11.1 Å². The van der Waals surface area contributed by atoms with Crippen LogP contribution in [0.4, 0.5) is 13.2 Å². The van der Waals surface area contributed by atoms with Crippen molar-refractivity contribution < 1.29 is 22.7 Å². The van der Waals surface area contributed by atoms with Crippen molar-refractivity contribution in [2.75, 3.05) is 7.05 Å². The lowest BCUT2D eigenvalue weighted by atomic mass is 10.1. The number of aryl methyl sites for hydroxylation is 1. The standard InChI is InChI=1S/C16H16F3NO2S/c1-20(15(21)7-4-13-8-9-23-11-13)10-12-2-5-14(6-3-12)22-16(17,18)19/h2-3,5-6,8-9,11H,4,7,10H2,1H3. The van der Waals surface area contributed by atoms with Gasteiger partial charge in [-0.15, -0.1) is 13.2 Å². The monoisotopic (exact) mass is 343 g/mol. The molecular weight excluding hydrogens is 327 g/mol. The summed E-state index contributed by atoms with van der Waals surface area (Å²) >= 11 is 1.59. The molecule has 0 radical (unpaired) electrons. The third kappa shape index (κ3) is 5.94. The van der Waals surface area contributed by atoms with Crippen LogP contribution in [0.25, 0.3) is 0 Å². The predicted molar refractivity (Wildman–Crippen MR) is 82.2 cm³/mol. The number of hydrogen-bond acceptors (Lipinski definition) is 3. The molecule has 23 heavy (non-hydrogen) atoms. The van der Waals surface area contributed by atoms with Crippen LogP contribution in [0.2, 0.25) is 0 Å². The molecule has 0 atom stereocenters. The van der Waals surface area contributed by atoms with Crippen molar-refractivity contribution in [3.8, 4) is 5.75 Å². The molecule has 1 aromatic heterocycles. The molecule has 7 heteroatoms. The molecule has 0 saturated carbocycles. The minimum absolute atomic E-state index is 0.00758. The van der Waals surface area contributed by atoms with E-state index in [-0.39, 0.29) is 11.7 Å². The Hall–Kier alpha value is -2.02. The summed E-state index contributed by atoms with van der Waals surface area (Å²) in [6, 6.07) is 7.50. The Balaban J connectivity index is 1.84. The zero-order valence-corrected chi connectivity index (χ0v) is 13.3. The molecule has 0 N–H and O–H groups in total. The lowest BCUT2D eigenvalue weighted by molar-refractivity contribution is -0.274. The number of nitrogens with zero attached hydrogens (tertiary/aromatic N) is 1. The predicted octanol–water partition coefficient (Wildman–Crippen LogP) is 4.24. The number of benzene rings is 1. The highest BCUT2D eigenvalue weighted by Crippen LogP contribution is 2.23. The minimum atomic E-state index is -4.70. The molecule has 1 heterocycles. The molecule has 0 aliphatic rings. The van der Waals surface area contributed by atoms with Gasteiger partial charge in [-0.25, -0.2) is 0 Å². The second-order valence-corrected chi connectivity index (χ2v) is 5.85. The van der Waals surface area contributed by atoms with Crippen molar-refractivity contribution in [2.24, 2.45) is 0 Å².